The lowest BCUT2D eigenvalue weighted by Crippen LogP contribution is -2.37. The van der Waals surface area contributed by atoms with Crippen LogP contribution in [0.15, 0.2) is 24.3 Å². The van der Waals surface area contributed by atoms with E-state index in [1.165, 1.54) is 29.2 Å². The molecule has 10 heteroatoms. The van der Waals surface area contributed by atoms with E-state index in [-0.39, 0.29) is 34.9 Å². The molecule has 0 spiro atoms. The summed E-state index contributed by atoms with van der Waals surface area (Å²) in [6.07, 6.45) is 0.401. The van der Waals surface area contributed by atoms with Gasteiger partial charge in [-0.1, -0.05) is 0 Å². The zero-order chi connectivity index (χ0) is 20.2. The molecule has 2 fully saturated rings. The summed E-state index contributed by atoms with van der Waals surface area (Å²) < 4.78 is 48.6. The monoisotopic (exact) mass is 414 g/mol. The van der Waals surface area contributed by atoms with Crippen molar-refractivity contribution in [1.29, 1.82) is 0 Å². The van der Waals surface area contributed by atoms with Crippen molar-refractivity contribution in [2.45, 2.75) is 26.3 Å². The number of nitrogens with zero attached hydrogens (tertiary/aromatic N) is 2. The van der Waals surface area contributed by atoms with E-state index in [1.807, 2.05) is 0 Å². The molecule has 0 radical (unpaired) electrons. The highest BCUT2D eigenvalue weighted by molar-refractivity contribution is 7.94. The Bertz CT molecular complexity index is 996. The number of anilines is 1. The summed E-state index contributed by atoms with van der Waals surface area (Å²) in [5, 5.41) is 0. The zero-order valence-corrected chi connectivity index (χ0v) is 17.0. The van der Waals surface area contributed by atoms with Crippen LogP contribution in [0.4, 0.5) is 5.69 Å². The van der Waals surface area contributed by atoms with Gasteiger partial charge in [-0.2, -0.15) is 0 Å². The van der Waals surface area contributed by atoms with Crippen LogP contribution in [0.25, 0.3) is 0 Å². The van der Waals surface area contributed by atoms with E-state index >= 15 is 0 Å². The number of benzene rings is 1. The first-order chi connectivity index (χ1) is 12.3. The fraction of sp³-hybridized carbons (Fsp3) is 0.529. The molecular weight excluding hydrogens is 392 g/mol. The third-order valence-corrected chi connectivity index (χ3v) is 8.78. The Morgan fingerprint density at radius 2 is 1.74 bits per heavy atom. The number of amides is 2. The molecule has 27 heavy (non-hydrogen) atoms. The minimum atomic E-state index is -3.75. The van der Waals surface area contributed by atoms with Crippen LogP contribution < -0.4 is 4.31 Å². The predicted molar refractivity (Wildman–Crippen MR) is 101 cm³/mol. The molecule has 0 aromatic heterocycles. The normalized spacial score (nSPS) is 25.5. The Morgan fingerprint density at radius 3 is 2.19 bits per heavy atom. The number of sulfone groups is 1. The maximum Gasteiger partial charge on any atom is 0.253 e. The van der Waals surface area contributed by atoms with Crippen LogP contribution in [0.1, 0.15) is 30.6 Å². The highest BCUT2D eigenvalue weighted by Gasteiger charge is 2.49. The van der Waals surface area contributed by atoms with Crippen molar-refractivity contribution >= 4 is 37.4 Å². The van der Waals surface area contributed by atoms with Crippen molar-refractivity contribution in [2.24, 2.45) is 5.41 Å². The van der Waals surface area contributed by atoms with Crippen molar-refractivity contribution in [1.82, 2.24) is 4.90 Å². The molecule has 0 N–H and O–H groups in total. The van der Waals surface area contributed by atoms with Crippen molar-refractivity contribution in [3.05, 3.63) is 29.8 Å². The lowest BCUT2D eigenvalue weighted by atomic mass is 9.95. The van der Waals surface area contributed by atoms with Crippen molar-refractivity contribution in [2.75, 3.05) is 28.6 Å². The third-order valence-electron chi connectivity index (χ3n) is 5.01. The van der Waals surface area contributed by atoms with Gasteiger partial charge in [0.1, 0.15) is 0 Å². The second-order valence-corrected chi connectivity index (χ2v) is 11.8. The number of carbonyl (C=O) groups is 2. The Balaban J connectivity index is 1.82. The Kier molecular flexibility index (Phi) is 4.62. The van der Waals surface area contributed by atoms with Crippen LogP contribution in [-0.2, 0) is 24.7 Å². The van der Waals surface area contributed by atoms with Gasteiger partial charge < -0.3 is 4.90 Å². The van der Waals surface area contributed by atoms with E-state index in [0.717, 1.165) is 4.31 Å². The van der Waals surface area contributed by atoms with Crippen LogP contribution in [0.5, 0.6) is 0 Å². The zero-order valence-electron chi connectivity index (χ0n) is 15.4. The standard InChI is InChI=1S/C17H22N2O6S2/c1-17(2)11-27(24,25)19(16(17)21)13-6-4-12(5-7-13)15(20)18(3)14-8-9-26(22,23)10-14/h4-7,14H,8-11H2,1-3H3/t14-/m1/s1. The average Bonchev–Trinajstić information content (AvgIpc) is 3.00. The SMILES string of the molecule is CN(C(=O)c1ccc(N2C(=O)C(C)(C)CS2(=O)=O)cc1)[C@@H]1CCS(=O)(=O)C1. The Hall–Kier alpha value is -1.94. The van der Waals surface area contributed by atoms with Gasteiger partial charge >= 0.3 is 0 Å². The van der Waals surface area contributed by atoms with Crippen molar-refractivity contribution < 1.29 is 26.4 Å². The molecule has 2 amide bonds. The summed E-state index contributed by atoms with van der Waals surface area (Å²) in [6, 6.07) is 5.37. The van der Waals surface area contributed by atoms with E-state index in [0.29, 0.717) is 12.0 Å². The molecule has 0 bridgehead atoms. The summed E-state index contributed by atoms with van der Waals surface area (Å²) in [5.74, 6) is -1.10. The van der Waals surface area contributed by atoms with Crippen LogP contribution in [-0.4, -0.2) is 63.9 Å². The summed E-state index contributed by atoms with van der Waals surface area (Å²) >= 11 is 0. The number of hydrogen-bond acceptors (Lipinski definition) is 6. The largest absolute Gasteiger partial charge is 0.338 e. The van der Waals surface area contributed by atoms with Gasteiger partial charge in [-0.3, -0.25) is 9.59 Å². The van der Waals surface area contributed by atoms with Gasteiger partial charge in [-0.15, -0.1) is 0 Å². The first-order valence-electron chi connectivity index (χ1n) is 8.49. The minimum absolute atomic E-state index is 0.0526. The molecule has 2 aliphatic rings. The topological polar surface area (TPSA) is 109 Å². The Morgan fingerprint density at radius 1 is 1.15 bits per heavy atom. The minimum Gasteiger partial charge on any atom is -0.338 e. The van der Waals surface area contributed by atoms with E-state index in [1.54, 1.807) is 20.9 Å². The second-order valence-electron chi connectivity index (χ2n) is 7.73. The first kappa shape index (κ1) is 19.8. The summed E-state index contributed by atoms with van der Waals surface area (Å²) in [5.41, 5.74) is -0.510. The molecule has 2 heterocycles. The summed E-state index contributed by atoms with van der Waals surface area (Å²) in [7, 11) is -5.31. The van der Waals surface area contributed by atoms with Gasteiger partial charge in [-0.05, 0) is 44.5 Å². The van der Waals surface area contributed by atoms with Gasteiger partial charge in [-0.25, -0.2) is 21.1 Å². The molecule has 148 valence electrons. The number of rotatable bonds is 3. The number of sulfonamides is 1. The van der Waals surface area contributed by atoms with E-state index < -0.39 is 31.2 Å². The molecule has 1 aromatic carbocycles. The maximum absolute atomic E-state index is 12.6. The van der Waals surface area contributed by atoms with E-state index in [2.05, 4.69) is 0 Å². The smallest absolute Gasteiger partial charge is 0.253 e. The van der Waals surface area contributed by atoms with Gasteiger partial charge in [0.15, 0.2) is 9.84 Å². The lowest BCUT2D eigenvalue weighted by Gasteiger charge is -2.24. The predicted octanol–water partition coefficient (Wildman–Crippen LogP) is 0.648. The molecule has 0 saturated carbocycles. The molecule has 1 atom stereocenters. The van der Waals surface area contributed by atoms with Crippen LogP contribution in [0, 0.1) is 5.41 Å². The average molecular weight is 415 g/mol. The van der Waals surface area contributed by atoms with Crippen molar-refractivity contribution in [3.63, 3.8) is 0 Å². The molecule has 2 aliphatic heterocycles. The summed E-state index contributed by atoms with van der Waals surface area (Å²) in [4.78, 5) is 26.4. The Labute approximate surface area is 159 Å². The molecule has 2 saturated heterocycles. The maximum atomic E-state index is 12.6. The van der Waals surface area contributed by atoms with Crippen LogP contribution >= 0.6 is 0 Å². The summed E-state index contributed by atoms with van der Waals surface area (Å²) in [6.45, 7) is 3.16. The van der Waals surface area contributed by atoms with Crippen molar-refractivity contribution in [3.8, 4) is 0 Å². The molecule has 8 nitrogen and oxygen atoms in total. The molecule has 0 unspecified atom stereocenters. The first-order valence-corrected chi connectivity index (χ1v) is 11.9. The van der Waals surface area contributed by atoms with Gasteiger partial charge in [0.05, 0.1) is 28.4 Å². The quantitative estimate of drug-likeness (QED) is 0.718. The highest BCUT2D eigenvalue weighted by atomic mass is 32.2. The molecule has 1 aromatic rings. The van der Waals surface area contributed by atoms with E-state index in [4.69, 9.17) is 0 Å². The number of carbonyl (C=O) groups excluding carboxylic acids is 2. The molecule has 3 rings (SSSR count). The lowest BCUT2D eigenvalue weighted by molar-refractivity contribution is -0.123. The molecular formula is C17H22N2O6S2. The van der Waals surface area contributed by atoms with Gasteiger partial charge in [0, 0.05) is 18.7 Å². The highest BCUT2D eigenvalue weighted by Crippen LogP contribution is 2.35. The van der Waals surface area contributed by atoms with Gasteiger partial charge in [0.25, 0.3) is 5.91 Å². The third kappa shape index (κ3) is 3.60. The van der Waals surface area contributed by atoms with Crippen LogP contribution in [0.2, 0.25) is 0 Å². The fourth-order valence-corrected chi connectivity index (χ4v) is 7.33. The second kappa shape index (κ2) is 6.30. The molecule has 0 aliphatic carbocycles. The van der Waals surface area contributed by atoms with Crippen LogP contribution in [0.3, 0.4) is 0 Å². The number of hydrogen-bond donors (Lipinski definition) is 0. The van der Waals surface area contributed by atoms with Gasteiger partial charge in [0.2, 0.25) is 15.9 Å². The fourth-order valence-electron chi connectivity index (χ4n) is 3.45. The van der Waals surface area contributed by atoms with E-state index in [9.17, 15) is 26.4 Å².